The van der Waals surface area contributed by atoms with Crippen molar-refractivity contribution in [2.24, 2.45) is 0 Å². The third-order valence-corrected chi connectivity index (χ3v) is 2.63. The third kappa shape index (κ3) is 1.80. The smallest absolute Gasteiger partial charge is 0.287 e. The van der Waals surface area contributed by atoms with Gasteiger partial charge in [-0.3, -0.25) is 9.59 Å². The average molecular weight is 235 g/mol. The van der Waals surface area contributed by atoms with Crippen molar-refractivity contribution in [3.8, 4) is 0 Å². The van der Waals surface area contributed by atoms with Gasteiger partial charge in [-0.1, -0.05) is 18.2 Å². The largest absolute Gasteiger partial charge is 0.503 e. The molecular formula is C12H10FNO3. The first-order valence-corrected chi connectivity index (χ1v) is 5.01. The molecule has 0 radical (unpaired) electrons. The lowest BCUT2D eigenvalue weighted by Gasteiger charge is -2.13. The number of aliphatic hydroxyl groups is 1. The van der Waals surface area contributed by atoms with Crippen LogP contribution in [-0.2, 0) is 9.59 Å². The number of carbonyl (C=O) groups is 2. The summed E-state index contributed by atoms with van der Waals surface area (Å²) in [5.74, 6) is -2.39. The lowest BCUT2D eigenvalue weighted by Crippen LogP contribution is -2.23. The van der Waals surface area contributed by atoms with Crippen LogP contribution in [-0.4, -0.2) is 16.8 Å². The van der Waals surface area contributed by atoms with E-state index in [-0.39, 0.29) is 11.1 Å². The van der Waals surface area contributed by atoms with Crippen molar-refractivity contribution in [2.45, 2.75) is 13.0 Å². The Bertz CT molecular complexity index is 536. The molecule has 1 aliphatic heterocycles. The van der Waals surface area contributed by atoms with Crippen LogP contribution in [0.3, 0.4) is 0 Å². The summed E-state index contributed by atoms with van der Waals surface area (Å²) in [4.78, 5) is 22.7. The minimum Gasteiger partial charge on any atom is -0.503 e. The number of nitrogens with one attached hydrogen (secondary N) is 1. The topological polar surface area (TPSA) is 66.4 Å². The number of hydrogen-bond acceptors (Lipinski definition) is 3. The van der Waals surface area contributed by atoms with E-state index >= 15 is 0 Å². The van der Waals surface area contributed by atoms with Crippen LogP contribution in [0.4, 0.5) is 4.39 Å². The second-order valence-electron chi connectivity index (χ2n) is 3.75. The molecule has 1 aliphatic rings. The fourth-order valence-electron chi connectivity index (χ4n) is 1.84. The van der Waals surface area contributed by atoms with E-state index in [0.29, 0.717) is 0 Å². The van der Waals surface area contributed by atoms with Crippen LogP contribution in [0, 0.1) is 5.82 Å². The molecule has 88 valence electrons. The van der Waals surface area contributed by atoms with Gasteiger partial charge in [0.25, 0.3) is 5.91 Å². The van der Waals surface area contributed by atoms with Crippen molar-refractivity contribution in [3.63, 3.8) is 0 Å². The van der Waals surface area contributed by atoms with E-state index in [0.717, 1.165) is 0 Å². The van der Waals surface area contributed by atoms with E-state index < -0.39 is 29.3 Å². The molecule has 0 saturated heterocycles. The molecule has 0 unspecified atom stereocenters. The second-order valence-corrected chi connectivity index (χ2v) is 3.75. The van der Waals surface area contributed by atoms with E-state index in [4.69, 9.17) is 0 Å². The third-order valence-electron chi connectivity index (χ3n) is 2.63. The van der Waals surface area contributed by atoms with Gasteiger partial charge in [-0.15, -0.1) is 0 Å². The lowest BCUT2D eigenvalue weighted by atomic mass is 9.97. The Morgan fingerprint density at radius 3 is 2.65 bits per heavy atom. The zero-order valence-electron chi connectivity index (χ0n) is 9.03. The van der Waals surface area contributed by atoms with Crippen LogP contribution < -0.4 is 5.32 Å². The maximum atomic E-state index is 13.6. The van der Waals surface area contributed by atoms with Gasteiger partial charge in [0, 0.05) is 5.56 Å². The predicted molar refractivity (Wildman–Crippen MR) is 57.6 cm³/mol. The monoisotopic (exact) mass is 235 g/mol. The molecule has 0 spiro atoms. The van der Waals surface area contributed by atoms with Crippen molar-refractivity contribution < 1.29 is 19.1 Å². The summed E-state index contributed by atoms with van der Waals surface area (Å²) in [5, 5.41) is 11.8. The highest BCUT2D eigenvalue weighted by Gasteiger charge is 2.36. The zero-order valence-corrected chi connectivity index (χ0v) is 9.03. The molecule has 5 heteroatoms. The molecule has 2 rings (SSSR count). The molecule has 0 aromatic heterocycles. The minimum atomic E-state index is -0.916. The summed E-state index contributed by atoms with van der Waals surface area (Å²) in [7, 11) is 0. The fraction of sp³-hybridized carbons (Fsp3) is 0.167. The number of hydrogen-bond donors (Lipinski definition) is 2. The number of benzene rings is 1. The first kappa shape index (κ1) is 11.3. The van der Waals surface area contributed by atoms with E-state index in [1.54, 1.807) is 6.07 Å². The number of Topliss-reactive ketones (excluding diaryl/α,β-unsaturated/α-hetero) is 1. The van der Waals surface area contributed by atoms with Gasteiger partial charge < -0.3 is 10.4 Å². The highest BCUT2D eigenvalue weighted by Crippen LogP contribution is 2.30. The maximum absolute atomic E-state index is 13.6. The molecule has 0 bridgehead atoms. The highest BCUT2D eigenvalue weighted by molar-refractivity contribution is 6.08. The Morgan fingerprint density at radius 2 is 2.06 bits per heavy atom. The molecule has 0 fully saturated rings. The molecule has 0 aliphatic carbocycles. The van der Waals surface area contributed by atoms with Gasteiger partial charge in [-0.25, -0.2) is 4.39 Å². The Balaban J connectivity index is 2.52. The molecule has 17 heavy (non-hydrogen) atoms. The van der Waals surface area contributed by atoms with Crippen LogP contribution in [0.5, 0.6) is 0 Å². The summed E-state index contributed by atoms with van der Waals surface area (Å²) in [6.07, 6.45) is 0. The number of amides is 1. The zero-order chi connectivity index (χ0) is 12.6. The molecule has 1 amide bonds. The molecule has 1 aromatic rings. The van der Waals surface area contributed by atoms with Crippen molar-refractivity contribution >= 4 is 11.7 Å². The van der Waals surface area contributed by atoms with Crippen molar-refractivity contribution in [1.29, 1.82) is 0 Å². The highest BCUT2D eigenvalue weighted by atomic mass is 19.1. The molecule has 1 atom stereocenters. The standard InChI is InChI=1S/C12H10FNO3/c1-6(15)9-10(14-12(17)11(9)16)7-4-2-3-5-8(7)13/h2-5,10,16H,1H3,(H,14,17)/t10-/m0/s1. The maximum Gasteiger partial charge on any atom is 0.287 e. The number of ketones is 1. The molecular weight excluding hydrogens is 225 g/mol. The fourth-order valence-corrected chi connectivity index (χ4v) is 1.84. The van der Waals surface area contributed by atoms with E-state index in [9.17, 15) is 19.1 Å². The Morgan fingerprint density at radius 1 is 1.41 bits per heavy atom. The first-order chi connectivity index (χ1) is 8.02. The summed E-state index contributed by atoms with van der Waals surface area (Å²) >= 11 is 0. The number of carbonyl (C=O) groups excluding carboxylic acids is 2. The van der Waals surface area contributed by atoms with Gasteiger partial charge in [0.15, 0.2) is 11.5 Å². The van der Waals surface area contributed by atoms with Crippen LogP contribution in [0.1, 0.15) is 18.5 Å². The molecule has 2 N–H and O–H groups in total. The summed E-state index contributed by atoms with van der Waals surface area (Å²) in [6, 6.07) is 4.88. The van der Waals surface area contributed by atoms with Gasteiger partial charge in [-0.2, -0.15) is 0 Å². The van der Waals surface area contributed by atoms with Gasteiger partial charge in [0.2, 0.25) is 0 Å². The summed E-state index contributed by atoms with van der Waals surface area (Å²) in [6.45, 7) is 1.22. The van der Waals surface area contributed by atoms with Crippen LogP contribution in [0.15, 0.2) is 35.6 Å². The Labute approximate surface area is 96.8 Å². The van der Waals surface area contributed by atoms with E-state index in [1.807, 2.05) is 0 Å². The Hall–Kier alpha value is -2.17. The average Bonchev–Trinajstić information content (AvgIpc) is 2.56. The SMILES string of the molecule is CC(=O)C1=C(O)C(=O)N[C@H]1c1ccccc1F. The van der Waals surface area contributed by atoms with Gasteiger partial charge in [-0.05, 0) is 13.0 Å². The summed E-state index contributed by atoms with van der Waals surface area (Å²) < 4.78 is 13.6. The first-order valence-electron chi connectivity index (χ1n) is 5.01. The molecule has 4 nitrogen and oxygen atoms in total. The van der Waals surface area contributed by atoms with Gasteiger partial charge in [0.05, 0.1) is 11.6 Å². The molecule has 1 heterocycles. The Kier molecular flexibility index (Phi) is 2.67. The van der Waals surface area contributed by atoms with Crippen molar-refractivity contribution in [2.75, 3.05) is 0 Å². The number of rotatable bonds is 2. The van der Waals surface area contributed by atoms with E-state index in [2.05, 4.69) is 5.32 Å². The van der Waals surface area contributed by atoms with Crippen LogP contribution >= 0.6 is 0 Å². The van der Waals surface area contributed by atoms with Gasteiger partial charge in [0.1, 0.15) is 5.82 Å². The van der Waals surface area contributed by atoms with Gasteiger partial charge >= 0.3 is 0 Å². The number of aliphatic hydroxyl groups excluding tert-OH is 1. The van der Waals surface area contributed by atoms with E-state index in [1.165, 1.54) is 25.1 Å². The lowest BCUT2D eigenvalue weighted by molar-refractivity contribution is -0.119. The van der Waals surface area contributed by atoms with Crippen LogP contribution in [0.2, 0.25) is 0 Å². The normalized spacial score (nSPS) is 19.4. The van der Waals surface area contributed by atoms with Crippen molar-refractivity contribution in [1.82, 2.24) is 5.32 Å². The number of halogens is 1. The summed E-state index contributed by atoms with van der Waals surface area (Å²) in [5.41, 5.74) is 0.0650. The predicted octanol–water partition coefficient (Wildman–Crippen LogP) is 1.40. The minimum absolute atomic E-state index is 0.0971. The quantitative estimate of drug-likeness (QED) is 0.814. The molecule has 0 saturated carbocycles. The second kappa shape index (κ2) is 4.01. The van der Waals surface area contributed by atoms with Crippen molar-refractivity contribution in [3.05, 3.63) is 47.0 Å². The molecule has 1 aromatic carbocycles. The van der Waals surface area contributed by atoms with Crippen LogP contribution in [0.25, 0.3) is 0 Å².